The van der Waals surface area contributed by atoms with Crippen molar-refractivity contribution in [3.05, 3.63) is 76.6 Å². The van der Waals surface area contributed by atoms with Gasteiger partial charge in [-0.3, -0.25) is 14.5 Å². The molecule has 1 fully saturated rings. The number of hydrogen-bond donors (Lipinski definition) is 0. The van der Waals surface area contributed by atoms with Crippen LogP contribution in [0, 0.1) is 0 Å². The fourth-order valence-corrected chi connectivity index (χ4v) is 4.82. The highest BCUT2D eigenvalue weighted by Gasteiger charge is 2.33. The van der Waals surface area contributed by atoms with E-state index in [1.165, 1.54) is 16.7 Å². The third-order valence-electron chi connectivity index (χ3n) is 5.35. The lowest BCUT2D eigenvalue weighted by atomic mass is 10.1. The van der Waals surface area contributed by atoms with Crippen LogP contribution in [0.4, 0.5) is 0 Å². The molecular weight excluding hydrogens is 432 g/mol. The van der Waals surface area contributed by atoms with Crippen LogP contribution in [-0.4, -0.2) is 43.3 Å². The standard InChI is InChI=1S/C23H23ClN4O2S/c1-27-20(15-16-7-3-2-4-8-16)25-26-23(27)31-19-9-5-6-14-28(22(19)30)21(29)17-10-12-18(24)13-11-17/h2-4,7-8,10-13,19H,5-6,9,14-15H2,1H3. The van der Waals surface area contributed by atoms with E-state index < -0.39 is 0 Å². The topological polar surface area (TPSA) is 68.1 Å². The summed E-state index contributed by atoms with van der Waals surface area (Å²) >= 11 is 7.32. The van der Waals surface area contributed by atoms with E-state index in [1.54, 1.807) is 24.3 Å². The molecule has 0 saturated carbocycles. The second-order valence-electron chi connectivity index (χ2n) is 7.52. The summed E-state index contributed by atoms with van der Waals surface area (Å²) in [4.78, 5) is 27.6. The van der Waals surface area contributed by atoms with Crippen LogP contribution in [0.5, 0.6) is 0 Å². The molecule has 2 amide bonds. The molecule has 0 radical (unpaired) electrons. The summed E-state index contributed by atoms with van der Waals surface area (Å²) in [6, 6.07) is 16.7. The summed E-state index contributed by atoms with van der Waals surface area (Å²) in [6.45, 7) is 0.426. The van der Waals surface area contributed by atoms with Gasteiger partial charge in [0.05, 0.1) is 5.25 Å². The first-order chi connectivity index (χ1) is 15.0. The molecule has 31 heavy (non-hydrogen) atoms. The maximum Gasteiger partial charge on any atom is 0.260 e. The molecule has 0 aliphatic carbocycles. The van der Waals surface area contributed by atoms with Gasteiger partial charge in [-0.15, -0.1) is 10.2 Å². The van der Waals surface area contributed by atoms with Gasteiger partial charge >= 0.3 is 0 Å². The fraction of sp³-hybridized carbons (Fsp3) is 0.304. The highest BCUT2D eigenvalue weighted by molar-refractivity contribution is 8.00. The molecule has 0 N–H and O–H groups in total. The molecule has 6 nitrogen and oxygen atoms in total. The largest absolute Gasteiger partial charge is 0.309 e. The number of imide groups is 1. The summed E-state index contributed by atoms with van der Waals surface area (Å²) in [7, 11) is 1.92. The van der Waals surface area contributed by atoms with E-state index in [4.69, 9.17) is 11.6 Å². The Bertz CT molecular complexity index is 1070. The van der Waals surface area contributed by atoms with Crippen molar-refractivity contribution < 1.29 is 9.59 Å². The average Bonchev–Trinajstić information content (AvgIpc) is 3.00. The van der Waals surface area contributed by atoms with E-state index in [2.05, 4.69) is 22.3 Å². The maximum atomic E-state index is 13.2. The van der Waals surface area contributed by atoms with Crippen molar-refractivity contribution in [1.29, 1.82) is 0 Å². The predicted octanol–water partition coefficient (Wildman–Crippen LogP) is 4.37. The van der Waals surface area contributed by atoms with E-state index >= 15 is 0 Å². The Morgan fingerprint density at radius 2 is 1.84 bits per heavy atom. The van der Waals surface area contributed by atoms with Crippen LogP contribution in [0.25, 0.3) is 0 Å². The molecule has 2 heterocycles. The van der Waals surface area contributed by atoms with Crippen LogP contribution in [0.3, 0.4) is 0 Å². The van der Waals surface area contributed by atoms with Gasteiger partial charge in [-0.2, -0.15) is 0 Å². The van der Waals surface area contributed by atoms with Gasteiger partial charge in [-0.1, -0.05) is 60.1 Å². The molecule has 0 bridgehead atoms. The minimum atomic E-state index is -0.369. The maximum absolute atomic E-state index is 13.2. The summed E-state index contributed by atoms with van der Waals surface area (Å²) in [5, 5.41) is 9.51. The Balaban J connectivity index is 1.49. The molecular formula is C23H23ClN4O2S. The third kappa shape index (κ3) is 4.99. The zero-order chi connectivity index (χ0) is 21.8. The molecule has 1 unspecified atom stereocenters. The molecule has 1 aliphatic rings. The molecule has 160 valence electrons. The smallest absolute Gasteiger partial charge is 0.260 e. The number of amides is 2. The van der Waals surface area contributed by atoms with Gasteiger partial charge in [-0.05, 0) is 42.7 Å². The third-order valence-corrected chi connectivity index (χ3v) is 6.89. The number of halogens is 1. The number of nitrogens with zero attached hydrogens (tertiary/aromatic N) is 4. The zero-order valence-corrected chi connectivity index (χ0v) is 18.8. The quantitative estimate of drug-likeness (QED) is 0.535. The highest BCUT2D eigenvalue weighted by Crippen LogP contribution is 2.30. The van der Waals surface area contributed by atoms with Crippen LogP contribution in [0.2, 0.25) is 5.02 Å². The van der Waals surface area contributed by atoms with Crippen molar-refractivity contribution in [1.82, 2.24) is 19.7 Å². The first-order valence-corrected chi connectivity index (χ1v) is 11.5. The second kappa shape index (κ2) is 9.66. The number of thioether (sulfide) groups is 1. The lowest BCUT2D eigenvalue weighted by molar-refractivity contribution is -0.127. The molecule has 1 aromatic heterocycles. The first-order valence-electron chi connectivity index (χ1n) is 10.2. The number of benzene rings is 2. The van der Waals surface area contributed by atoms with Crippen molar-refractivity contribution in [3.8, 4) is 0 Å². The number of likely N-dealkylation sites (tertiary alicyclic amines) is 1. The van der Waals surface area contributed by atoms with Gasteiger partial charge in [0.1, 0.15) is 5.82 Å². The predicted molar refractivity (Wildman–Crippen MR) is 121 cm³/mol. The zero-order valence-electron chi connectivity index (χ0n) is 17.2. The van der Waals surface area contributed by atoms with E-state index in [1.807, 2.05) is 29.8 Å². The first kappa shape index (κ1) is 21.6. The van der Waals surface area contributed by atoms with Crippen molar-refractivity contribution in [2.75, 3.05) is 6.54 Å². The summed E-state index contributed by atoms with van der Waals surface area (Å²) < 4.78 is 1.93. The summed E-state index contributed by atoms with van der Waals surface area (Å²) in [6.07, 6.45) is 3.04. The second-order valence-corrected chi connectivity index (χ2v) is 9.13. The fourth-order valence-electron chi connectivity index (χ4n) is 3.57. The van der Waals surface area contributed by atoms with E-state index in [9.17, 15) is 9.59 Å². The summed E-state index contributed by atoms with van der Waals surface area (Å²) in [5.74, 6) is 0.385. The molecule has 1 aliphatic heterocycles. The number of aromatic nitrogens is 3. The normalized spacial score (nSPS) is 16.9. The Kier molecular flexibility index (Phi) is 6.73. The van der Waals surface area contributed by atoms with Gasteiger partial charge < -0.3 is 4.57 Å². The minimum absolute atomic E-state index is 0.171. The molecule has 4 rings (SSSR count). The lowest BCUT2D eigenvalue weighted by Gasteiger charge is -2.22. The van der Waals surface area contributed by atoms with Gasteiger partial charge in [0.25, 0.3) is 5.91 Å². The molecule has 1 atom stereocenters. The Morgan fingerprint density at radius 3 is 2.58 bits per heavy atom. The van der Waals surface area contributed by atoms with Crippen molar-refractivity contribution in [3.63, 3.8) is 0 Å². The van der Waals surface area contributed by atoms with E-state index in [0.29, 0.717) is 35.1 Å². The van der Waals surface area contributed by atoms with Crippen LogP contribution in [0.15, 0.2) is 59.8 Å². The van der Waals surface area contributed by atoms with Crippen LogP contribution < -0.4 is 0 Å². The highest BCUT2D eigenvalue weighted by atomic mass is 35.5. The SMILES string of the molecule is Cn1c(Cc2ccccc2)nnc1SC1CCCCN(C(=O)c2ccc(Cl)cc2)C1=O. The molecule has 1 saturated heterocycles. The minimum Gasteiger partial charge on any atom is -0.309 e. The molecule has 8 heteroatoms. The molecule has 3 aromatic rings. The van der Waals surface area contributed by atoms with Gasteiger partial charge in [-0.25, -0.2) is 0 Å². The van der Waals surface area contributed by atoms with Crippen molar-refractivity contribution in [2.45, 2.75) is 36.1 Å². The Morgan fingerprint density at radius 1 is 1.10 bits per heavy atom. The average molecular weight is 455 g/mol. The van der Waals surface area contributed by atoms with Crippen LogP contribution in [0.1, 0.15) is 41.0 Å². The van der Waals surface area contributed by atoms with E-state index in [-0.39, 0.29) is 17.1 Å². The van der Waals surface area contributed by atoms with Gasteiger partial charge in [0, 0.05) is 30.6 Å². The number of rotatable bonds is 5. The molecule has 2 aromatic carbocycles. The van der Waals surface area contributed by atoms with Crippen LogP contribution >= 0.6 is 23.4 Å². The Labute approximate surface area is 190 Å². The number of hydrogen-bond acceptors (Lipinski definition) is 5. The van der Waals surface area contributed by atoms with Crippen LogP contribution in [-0.2, 0) is 18.3 Å². The Hall–Kier alpha value is -2.64. The summed E-state index contributed by atoms with van der Waals surface area (Å²) in [5.41, 5.74) is 1.62. The molecule has 0 spiro atoms. The number of carbonyl (C=O) groups excluding carboxylic acids is 2. The van der Waals surface area contributed by atoms with Gasteiger partial charge in [0.2, 0.25) is 5.91 Å². The van der Waals surface area contributed by atoms with Crippen molar-refractivity contribution in [2.24, 2.45) is 7.05 Å². The monoisotopic (exact) mass is 454 g/mol. The van der Waals surface area contributed by atoms with Gasteiger partial charge in [0.15, 0.2) is 5.16 Å². The number of carbonyl (C=O) groups is 2. The lowest BCUT2D eigenvalue weighted by Crippen LogP contribution is -2.41. The van der Waals surface area contributed by atoms with Crippen molar-refractivity contribution >= 4 is 35.2 Å². The van der Waals surface area contributed by atoms with E-state index in [0.717, 1.165) is 24.2 Å².